The molecule has 0 unspecified atom stereocenters. The SMILES string of the molecule is COCCN(C)c1cc(Br)ccc1C=O. The molecule has 0 fully saturated rings. The van der Waals surface area contributed by atoms with E-state index in [1.807, 2.05) is 24.1 Å². The molecule has 0 heterocycles. The molecule has 0 bridgehead atoms. The number of carbonyl (C=O) groups is 1. The van der Waals surface area contributed by atoms with Gasteiger partial charge < -0.3 is 9.64 Å². The van der Waals surface area contributed by atoms with Crippen LogP contribution in [0.4, 0.5) is 5.69 Å². The highest BCUT2D eigenvalue weighted by atomic mass is 79.9. The van der Waals surface area contributed by atoms with Crippen molar-refractivity contribution in [2.75, 3.05) is 32.2 Å². The van der Waals surface area contributed by atoms with Gasteiger partial charge in [0.2, 0.25) is 0 Å². The molecule has 0 spiro atoms. The summed E-state index contributed by atoms with van der Waals surface area (Å²) in [7, 11) is 3.60. The molecule has 1 aromatic carbocycles. The van der Waals surface area contributed by atoms with Crippen molar-refractivity contribution >= 4 is 27.9 Å². The summed E-state index contributed by atoms with van der Waals surface area (Å²) in [6.07, 6.45) is 0.866. The maximum atomic E-state index is 10.8. The number of hydrogen-bond donors (Lipinski definition) is 0. The Morgan fingerprint density at radius 3 is 2.87 bits per heavy atom. The van der Waals surface area contributed by atoms with E-state index in [1.165, 1.54) is 0 Å². The Balaban J connectivity index is 2.89. The molecule has 0 saturated heterocycles. The fourth-order valence-electron chi connectivity index (χ4n) is 1.30. The molecule has 0 aliphatic heterocycles. The number of benzene rings is 1. The van der Waals surface area contributed by atoms with Crippen molar-refractivity contribution in [3.8, 4) is 0 Å². The molecule has 1 aromatic rings. The van der Waals surface area contributed by atoms with Gasteiger partial charge in [0, 0.05) is 36.4 Å². The summed E-state index contributed by atoms with van der Waals surface area (Å²) < 4.78 is 5.96. The van der Waals surface area contributed by atoms with Crippen LogP contribution in [-0.4, -0.2) is 33.6 Å². The van der Waals surface area contributed by atoms with Gasteiger partial charge in [0.1, 0.15) is 0 Å². The van der Waals surface area contributed by atoms with Crippen LogP contribution >= 0.6 is 15.9 Å². The van der Waals surface area contributed by atoms with E-state index in [2.05, 4.69) is 15.9 Å². The lowest BCUT2D eigenvalue weighted by atomic mass is 10.2. The number of likely N-dealkylation sites (N-methyl/N-ethyl adjacent to an activating group) is 1. The molecule has 0 amide bonds. The van der Waals surface area contributed by atoms with Gasteiger partial charge in [-0.15, -0.1) is 0 Å². The summed E-state index contributed by atoms with van der Waals surface area (Å²) in [4.78, 5) is 12.8. The quantitative estimate of drug-likeness (QED) is 0.770. The van der Waals surface area contributed by atoms with Gasteiger partial charge in [-0.25, -0.2) is 0 Å². The van der Waals surface area contributed by atoms with Gasteiger partial charge in [0.25, 0.3) is 0 Å². The fraction of sp³-hybridized carbons (Fsp3) is 0.364. The number of aldehydes is 1. The minimum Gasteiger partial charge on any atom is -0.383 e. The maximum absolute atomic E-state index is 10.8. The fourth-order valence-corrected chi connectivity index (χ4v) is 1.64. The summed E-state index contributed by atoms with van der Waals surface area (Å²) in [6.45, 7) is 1.40. The van der Waals surface area contributed by atoms with E-state index in [-0.39, 0.29) is 0 Å². The molecule has 0 atom stereocenters. The lowest BCUT2D eigenvalue weighted by Crippen LogP contribution is -2.23. The Hall–Kier alpha value is -0.870. The molecule has 4 heteroatoms. The molecule has 0 radical (unpaired) electrons. The summed E-state index contributed by atoms with van der Waals surface area (Å²) >= 11 is 3.39. The first-order valence-corrected chi connectivity index (χ1v) is 5.43. The molecule has 0 aliphatic rings. The van der Waals surface area contributed by atoms with Crippen LogP contribution in [0, 0.1) is 0 Å². The Bertz CT molecular complexity index is 341. The molecule has 3 nitrogen and oxygen atoms in total. The average Bonchev–Trinajstić information content (AvgIpc) is 2.25. The predicted octanol–water partition coefficient (Wildman–Crippen LogP) is 2.34. The van der Waals surface area contributed by atoms with Crippen molar-refractivity contribution in [1.29, 1.82) is 0 Å². The van der Waals surface area contributed by atoms with Gasteiger partial charge in [-0.2, -0.15) is 0 Å². The van der Waals surface area contributed by atoms with Crippen molar-refractivity contribution < 1.29 is 9.53 Å². The highest BCUT2D eigenvalue weighted by Crippen LogP contribution is 2.22. The van der Waals surface area contributed by atoms with Crippen LogP contribution in [0.1, 0.15) is 10.4 Å². The minimum absolute atomic E-state index is 0.640. The first-order valence-electron chi connectivity index (χ1n) is 4.64. The van der Waals surface area contributed by atoms with Crippen molar-refractivity contribution in [2.24, 2.45) is 0 Å². The standard InChI is InChI=1S/C11H14BrNO2/c1-13(5-6-15-2)11-7-10(12)4-3-9(11)8-14/h3-4,7-8H,5-6H2,1-2H3. The van der Waals surface area contributed by atoms with Crippen molar-refractivity contribution in [3.05, 3.63) is 28.2 Å². The summed E-state index contributed by atoms with van der Waals surface area (Å²) in [6, 6.07) is 5.59. The number of nitrogens with zero attached hydrogens (tertiary/aromatic N) is 1. The molecule has 1 rings (SSSR count). The number of carbonyl (C=O) groups excluding carboxylic acids is 1. The Morgan fingerprint density at radius 2 is 2.27 bits per heavy atom. The van der Waals surface area contributed by atoms with Crippen LogP contribution in [0.15, 0.2) is 22.7 Å². The van der Waals surface area contributed by atoms with Crippen LogP contribution in [0.3, 0.4) is 0 Å². The van der Waals surface area contributed by atoms with Crippen LogP contribution in [0.5, 0.6) is 0 Å². The first kappa shape index (κ1) is 12.2. The number of rotatable bonds is 5. The summed E-state index contributed by atoms with van der Waals surface area (Å²) in [5.41, 5.74) is 1.60. The van der Waals surface area contributed by atoms with E-state index in [0.717, 1.165) is 23.0 Å². The second kappa shape index (κ2) is 5.88. The topological polar surface area (TPSA) is 29.5 Å². The lowest BCUT2D eigenvalue weighted by molar-refractivity contribution is 0.112. The van der Waals surface area contributed by atoms with Gasteiger partial charge in [0.15, 0.2) is 6.29 Å². The molecule has 0 N–H and O–H groups in total. The van der Waals surface area contributed by atoms with Crippen LogP contribution in [0.2, 0.25) is 0 Å². The highest BCUT2D eigenvalue weighted by molar-refractivity contribution is 9.10. The zero-order valence-electron chi connectivity index (χ0n) is 8.87. The maximum Gasteiger partial charge on any atom is 0.152 e. The zero-order chi connectivity index (χ0) is 11.3. The third-order valence-corrected chi connectivity index (χ3v) is 2.65. The number of anilines is 1. The highest BCUT2D eigenvalue weighted by Gasteiger charge is 2.07. The molecular weight excluding hydrogens is 258 g/mol. The average molecular weight is 272 g/mol. The monoisotopic (exact) mass is 271 g/mol. The smallest absolute Gasteiger partial charge is 0.152 e. The number of halogens is 1. The van der Waals surface area contributed by atoms with Crippen molar-refractivity contribution in [2.45, 2.75) is 0 Å². The van der Waals surface area contributed by atoms with Gasteiger partial charge in [-0.3, -0.25) is 4.79 Å². The molecule has 0 aliphatic carbocycles. The Labute approximate surface area is 98.2 Å². The van der Waals surface area contributed by atoms with E-state index in [9.17, 15) is 4.79 Å². The first-order chi connectivity index (χ1) is 7.19. The zero-order valence-corrected chi connectivity index (χ0v) is 10.5. The summed E-state index contributed by atoms with van der Waals surface area (Å²) in [5.74, 6) is 0. The van der Waals surface area contributed by atoms with E-state index >= 15 is 0 Å². The van der Waals surface area contributed by atoms with Crippen LogP contribution in [0.25, 0.3) is 0 Å². The molecule has 0 saturated carbocycles. The normalized spacial score (nSPS) is 10.1. The van der Waals surface area contributed by atoms with Gasteiger partial charge in [-0.1, -0.05) is 15.9 Å². The van der Waals surface area contributed by atoms with Crippen molar-refractivity contribution in [3.63, 3.8) is 0 Å². The minimum atomic E-state index is 0.640. The Morgan fingerprint density at radius 1 is 1.53 bits per heavy atom. The second-order valence-electron chi connectivity index (χ2n) is 3.24. The van der Waals surface area contributed by atoms with Crippen LogP contribution < -0.4 is 4.90 Å². The summed E-state index contributed by atoms with van der Waals surface area (Å²) in [5, 5.41) is 0. The predicted molar refractivity (Wildman–Crippen MR) is 64.7 cm³/mol. The number of methoxy groups -OCH3 is 1. The number of ether oxygens (including phenoxy) is 1. The lowest BCUT2D eigenvalue weighted by Gasteiger charge is -2.20. The van der Waals surface area contributed by atoms with E-state index in [1.54, 1.807) is 13.2 Å². The van der Waals surface area contributed by atoms with E-state index in [0.29, 0.717) is 12.2 Å². The van der Waals surface area contributed by atoms with Crippen LogP contribution in [-0.2, 0) is 4.74 Å². The third-order valence-electron chi connectivity index (χ3n) is 2.16. The largest absolute Gasteiger partial charge is 0.383 e. The molecular formula is C11H14BrNO2. The molecule has 82 valence electrons. The van der Waals surface area contributed by atoms with Crippen molar-refractivity contribution in [1.82, 2.24) is 0 Å². The molecule has 15 heavy (non-hydrogen) atoms. The second-order valence-corrected chi connectivity index (χ2v) is 4.15. The van der Waals surface area contributed by atoms with E-state index < -0.39 is 0 Å². The van der Waals surface area contributed by atoms with Gasteiger partial charge in [-0.05, 0) is 18.2 Å². The van der Waals surface area contributed by atoms with Gasteiger partial charge >= 0.3 is 0 Å². The van der Waals surface area contributed by atoms with E-state index in [4.69, 9.17) is 4.74 Å². The Kier molecular flexibility index (Phi) is 4.78. The third kappa shape index (κ3) is 3.32. The van der Waals surface area contributed by atoms with Gasteiger partial charge in [0.05, 0.1) is 6.61 Å². The molecule has 0 aromatic heterocycles. The number of hydrogen-bond acceptors (Lipinski definition) is 3.